The van der Waals surface area contributed by atoms with Crippen molar-refractivity contribution in [1.29, 1.82) is 0 Å². The molecule has 0 bridgehead atoms. The van der Waals surface area contributed by atoms with Crippen molar-refractivity contribution in [3.05, 3.63) is 30.1 Å². The molecule has 0 saturated heterocycles. The first-order chi connectivity index (χ1) is 5.17. The second kappa shape index (κ2) is 2.74. The summed E-state index contributed by atoms with van der Waals surface area (Å²) in [6.07, 6.45) is 1.93. The number of carbonyl (C=O) groups excluding carboxylic acids is 1. The van der Waals surface area contributed by atoms with Gasteiger partial charge in [0.1, 0.15) is 0 Å². The van der Waals surface area contributed by atoms with Gasteiger partial charge in [0.05, 0.1) is 0 Å². The molecule has 0 amide bonds. The number of alkyl halides is 2. The normalized spacial score (nSPS) is 11.1. The molecule has 0 aliphatic carbocycles. The molecule has 2 nitrogen and oxygen atoms in total. The SMILES string of the molecule is O=CC(F)(F)c1cccnc1. The highest BCUT2D eigenvalue weighted by Crippen LogP contribution is 2.23. The zero-order chi connectivity index (χ0) is 8.32. The van der Waals surface area contributed by atoms with Gasteiger partial charge in [-0.2, -0.15) is 8.78 Å². The molecule has 0 spiro atoms. The van der Waals surface area contributed by atoms with Gasteiger partial charge in [-0.15, -0.1) is 0 Å². The monoisotopic (exact) mass is 157 g/mol. The summed E-state index contributed by atoms with van der Waals surface area (Å²) in [5.74, 6) is -3.41. The van der Waals surface area contributed by atoms with Gasteiger partial charge in [-0.05, 0) is 12.1 Å². The number of pyridine rings is 1. The van der Waals surface area contributed by atoms with Crippen molar-refractivity contribution in [3.8, 4) is 0 Å². The van der Waals surface area contributed by atoms with E-state index in [1.165, 1.54) is 12.3 Å². The first-order valence-electron chi connectivity index (χ1n) is 2.91. The number of aldehydes is 1. The molecular formula is C7H5F2NO. The molecular weight excluding hydrogens is 152 g/mol. The van der Waals surface area contributed by atoms with Crippen molar-refractivity contribution in [2.75, 3.05) is 0 Å². The molecule has 11 heavy (non-hydrogen) atoms. The van der Waals surface area contributed by atoms with Crippen LogP contribution in [0.1, 0.15) is 5.56 Å². The van der Waals surface area contributed by atoms with Crippen LogP contribution in [0, 0.1) is 0 Å². The Bertz CT molecular complexity index is 248. The molecule has 4 heteroatoms. The van der Waals surface area contributed by atoms with Gasteiger partial charge in [0.2, 0.25) is 0 Å². The quantitative estimate of drug-likeness (QED) is 0.607. The summed E-state index contributed by atoms with van der Waals surface area (Å²) in [6.45, 7) is 0. The van der Waals surface area contributed by atoms with E-state index < -0.39 is 12.2 Å². The lowest BCUT2D eigenvalue weighted by atomic mass is 10.2. The molecule has 58 valence electrons. The molecule has 0 aliphatic rings. The Morgan fingerprint density at radius 2 is 2.27 bits per heavy atom. The number of hydrogen-bond donors (Lipinski definition) is 0. The van der Waals surface area contributed by atoms with Gasteiger partial charge in [-0.1, -0.05) is 0 Å². The fourth-order valence-corrected chi connectivity index (χ4v) is 0.628. The number of carbonyl (C=O) groups is 1. The summed E-state index contributed by atoms with van der Waals surface area (Å²) < 4.78 is 25.0. The van der Waals surface area contributed by atoms with Gasteiger partial charge in [-0.3, -0.25) is 9.78 Å². The van der Waals surface area contributed by atoms with Crippen LogP contribution < -0.4 is 0 Å². The molecule has 0 aliphatic heterocycles. The fourth-order valence-electron chi connectivity index (χ4n) is 0.628. The molecule has 0 N–H and O–H groups in total. The highest BCUT2D eigenvalue weighted by Gasteiger charge is 2.30. The van der Waals surface area contributed by atoms with Crippen LogP contribution in [0.15, 0.2) is 24.5 Å². The first kappa shape index (κ1) is 7.78. The van der Waals surface area contributed by atoms with E-state index in [4.69, 9.17) is 0 Å². The predicted molar refractivity (Wildman–Crippen MR) is 34.2 cm³/mol. The number of rotatable bonds is 2. The molecule has 0 fully saturated rings. The number of halogens is 2. The molecule has 0 unspecified atom stereocenters. The van der Waals surface area contributed by atoms with Crippen molar-refractivity contribution in [3.63, 3.8) is 0 Å². The lowest BCUT2D eigenvalue weighted by Crippen LogP contribution is -2.14. The topological polar surface area (TPSA) is 30.0 Å². The van der Waals surface area contributed by atoms with Gasteiger partial charge >= 0.3 is 5.92 Å². The number of aromatic nitrogens is 1. The second-order valence-corrected chi connectivity index (χ2v) is 1.98. The van der Waals surface area contributed by atoms with Crippen molar-refractivity contribution < 1.29 is 13.6 Å². The molecule has 1 heterocycles. The van der Waals surface area contributed by atoms with Crippen LogP contribution in [0.2, 0.25) is 0 Å². The second-order valence-electron chi connectivity index (χ2n) is 1.98. The summed E-state index contributed by atoms with van der Waals surface area (Å²) >= 11 is 0. The highest BCUT2D eigenvalue weighted by atomic mass is 19.3. The Labute approximate surface area is 61.9 Å². The summed E-state index contributed by atoms with van der Waals surface area (Å²) in [5, 5.41) is 0. The van der Waals surface area contributed by atoms with Crippen molar-refractivity contribution >= 4 is 6.29 Å². The standard InChI is InChI=1S/C7H5F2NO/c8-7(9,5-11)6-2-1-3-10-4-6/h1-5H. The Kier molecular flexibility index (Phi) is 1.94. The molecule has 1 aromatic heterocycles. The van der Waals surface area contributed by atoms with Gasteiger partial charge in [0.15, 0.2) is 6.29 Å². The van der Waals surface area contributed by atoms with E-state index in [0.29, 0.717) is 0 Å². The van der Waals surface area contributed by atoms with Crippen LogP contribution in [-0.2, 0) is 10.7 Å². The third-order valence-electron chi connectivity index (χ3n) is 1.19. The maximum absolute atomic E-state index is 12.5. The minimum Gasteiger partial charge on any atom is -0.296 e. The van der Waals surface area contributed by atoms with Crippen molar-refractivity contribution in [2.24, 2.45) is 0 Å². The van der Waals surface area contributed by atoms with Crippen LogP contribution in [0.3, 0.4) is 0 Å². The third kappa shape index (κ3) is 1.58. The van der Waals surface area contributed by atoms with Crippen LogP contribution >= 0.6 is 0 Å². The zero-order valence-electron chi connectivity index (χ0n) is 5.50. The average Bonchev–Trinajstić information content (AvgIpc) is 2.06. The Hall–Kier alpha value is -1.32. The van der Waals surface area contributed by atoms with Gasteiger partial charge in [-0.25, -0.2) is 0 Å². The Balaban J connectivity index is 3.02. The minimum atomic E-state index is -3.41. The van der Waals surface area contributed by atoms with E-state index in [0.717, 1.165) is 12.3 Å². The maximum atomic E-state index is 12.5. The van der Waals surface area contributed by atoms with Crippen LogP contribution in [0.5, 0.6) is 0 Å². The first-order valence-corrected chi connectivity index (χ1v) is 2.91. The lowest BCUT2D eigenvalue weighted by molar-refractivity contribution is -0.130. The van der Waals surface area contributed by atoms with E-state index in [2.05, 4.69) is 4.98 Å². The highest BCUT2D eigenvalue weighted by molar-refractivity contribution is 5.62. The van der Waals surface area contributed by atoms with Gasteiger partial charge < -0.3 is 0 Å². The van der Waals surface area contributed by atoms with Crippen LogP contribution in [0.25, 0.3) is 0 Å². The molecule has 0 saturated carbocycles. The molecule has 0 aromatic carbocycles. The van der Waals surface area contributed by atoms with Crippen molar-refractivity contribution in [2.45, 2.75) is 5.92 Å². The summed E-state index contributed by atoms with van der Waals surface area (Å²) in [6, 6.07) is 2.51. The summed E-state index contributed by atoms with van der Waals surface area (Å²) in [4.78, 5) is 13.3. The van der Waals surface area contributed by atoms with Gasteiger partial charge in [0.25, 0.3) is 0 Å². The van der Waals surface area contributed by atoms with Crippen LogP contribution in [-0.4, -0.2) is 11.3 Å². The minimum absolute atomic E-state index is 0.380. The smallest absolute Gasteiger partial charge is 0.296 e. The summed E-state index contributed by atoms with van der Waals surface area (Å²) in [7, 11) is 0. The van der Waals surface area contributed by atoms with Gasteiger partial charge in [0, 0.05) is 18.0 Å². The zero-order valence-corrected chi connectivity index (χ0v) is 5.50. The van der Waals surface area contributed by atoms with E-state index in [1.54, 1.807) is 0 Å². The van der Waals surface area contributed by atoms with E-state index in [1.807, 2.05) is 0 Å². The van der Waals surface area contributed by atoms with Crippen molar-refractivity contribution in [1.82, 2.24) is 4.98 Å². The predicted octanol–water partition coefficient (Wildman–Crippen LogP) is 1.37. The van der Waals surface area contributed by atoms with E-state index in [9.17, 15) is 13.6 Å². The van der Waals surface area contributed by atoms with E-state index in [-0.39, 0.29) is 5.56 Å². The molecule has 0 radical (unpaired) electrons. The largest absolute Gasteiger partial charge is 0.329 e. The van der Waals surface area contributed by atoms with Crippen LogP contribution in [0.4, 0.5) is 8.78 Å². The Morgan fingerprint density at radius 3 is 2.73 bits per heavy atom. The van der Waals surface area contributed by atoms with E-state index >= 15 is 0 Å². The third-order valence-corrected chi connectivity index (χ3v) is 1.19. The molecule has 0 atom stereocenters. The maximum Gasteiger partial charge on any atom is 0.329 e. The molecule has 1 aromatic rings. The fraction of sp³-hybridized carbons (Fsp3) is 0.143. The lowest BCUT2D eigenvalue weighted by Gasteiger charge is -2.06. The Morgan fingerprint density at radius 1 is 1.55 bits per heavy atom. The number of nitrogens with zero attached hydrogens (tertiary/aromatic N) is 1. The average molecular weight is 157 g/mol. The molecule has 1 rings (SSSR count). The number of hydrogen-bond acceptors (Lipinski definition) is 2. The summed E-state index contributed by atoms with van der Waals surface area (Å²) in [5.41, 5.74) is -0.380.